The summed E-state index contributed by atoms with van der Waals surface area (Å²) in [5.41, 5.74) is 1.78. The second-order valence-electron chi connectivity index (χ2n) is 5.95. The standard InChI is InChI=1S/C22H17N3O3/c26-22(16-8-10-18(11-9-16)28-17-5-2-1-3-6-17)25-15-19-21(24-13-12-23-19)20-7-4-14-27-20/h1-14H,15H2,(H,25,26). The first-order chi connectivity index (χ1) is 13.8. The van der Waals surface area contributed by atoms with Crippen LogP contribution in [-0.4, -0.2) is 15.9 Å². The Morgan fingerprint density at radius 2 is 1.64 bits per heavy atom. The van der Waals surface area contributed by atoms with Gasteiger partial charge in [0.15, 0.2) is 5.76 Å². The summed E-state index contributed by atoms with van der Waals surface area (Å²) in [7, 11) is 0. The van der Waals surface area contributed by atoms with Gasteiger partial charge in [-0.15, -0.1) is 0 Å². The Hall–Kier alpha value is -3.93. The molecule has 28 heavy (non-hydrogen) atoms. The smallest absolute Gasteiger partial charge is 0.251 e. The van der Waals surface area contributed by atoms with Crippen LogP contribution in [0.3, 0.4) is 0 Å². The van der Waals surface area contributed by atoms with Crippen molar-refractivity contribution in [2.45, 2.75) is 6.54 Å². The van der Waals surface area contributed by atoms with Crippen LogP contribution < -0.4 is 10.1 Å². The maximum absolute atomic E-state index is 12.5. The lowest BCUT2D eigenvalue weighted by Crippen LogP contribution is -2.23. The summed E-state index contributed by atoms with van der Waals surface area (Å²) in [6.07, 6.45) is 4.75. The van der Waals surface area contributed by atoms with Gasteiger partial charge in [-0.1, -0.05) is 18.2 Å². The largest absolute Gasteiger partial charge is 0.463 e. The molecule has 4 aromatic rings. The van der Waals surface area contributed by atoms with Crippen LogP contribution in [0.15, 0.2) is 89.8 Å². The van der Waals surface area contributed by atoms with E-state index >= 15 is 0 Å². The summed E-state index contributed by atoms with van der Waals surface area (Å²) in [6.45, 7) is 0.241. The number of nitrogens with zero attached hydrogens (tertiary/aromatic N) is 2. The van der Waals surface area contributed by atoms with E-state index in [-0.39, 0.29) is 12.5 Å². The Bertz CT molecular complexity index is 1050. The van der Waals surface area contributed by atoms with Gasteiger partial charge < -0.3 is 14.5 Å². The molecule has 0 fully saturated rings. The van der Waals surface area contributed by atoms with Crippen molar-refractivity contribution in [3.8, 4) is 23.0 Å². The van der Waals surface area contributed by atoms with Crippen molar-refractivity contribution in [3.05, 3.63) is 96.6 Å². The van der Waals surface area contributed by atoms with Gasteiger partial charge in [-0.3, -0.25) is 9.78 Å². The quantitative estimate of drug-likeness (QED) is 0.541. The van der Waals surface area contributed by atoms with E-state index in [1.807, 2.05) is 30.3 Å². The Labute approximate surface area is 161 Å². The predicted molar refractivity (Wildman–Crippen MR) is 104 cm³/mol. The highest BCUT2D eigenvalue weighted by Crippen LogP contribution is 2.22. The highest BCUT2D eigenvalue weighted by molar-refractivity contribution is 5.94. The lowest BCUT2D eigenvalue weighted by molar-refractivity contribution is 0.0950. The van der Waals surface area contributed by atoms with Gasteiger partial charge in [0.05, 0.1) is 18.5 Å². The van der Waals surface area contributed by atoms with Crippen LogP contribution >= 0.6 is 0 Å². The first-order valence-electron chi connectivity index (χ1n) is 8.74. The minimum absolute atomic E-state index is 0.206. The monoisotopic (exact) mass is 371 g/mol. The van der Waals surface area contributed by atoms with Crippen molar-refractivity contribution in [1.29, 1.82) is 0 Å². The van der Waals surface area contributed by atoms with Gasteiger partial charge in [0.25, 0.3) is 5.91 Å². The zero-order valence-electron chi connectivity index (χ0n) is 14.9. The summed E-state index contributed by atoms with van der Waals surface area (Å²) >= 11 is 0. The van der Waals surface area contributed by atoms with Gasteiger partial charge in [0.2, 0.25) is 0 Å². The molecule has 0 atom stereocenters. The average Bonchev–Trinajstić information content (AvgIpc) is 3.28. The fourth-order valence-corrected chi connectivity index (χ4v) is 2.68. The van der Waals surface area contributed by atoms with Crippen molar-refractivity contribution < 1.29 is 13.9 Å². The Balaban J connectivity index is 1.41. The van der Waals surface area contributed by atoms with E-state index in [0.717, 1.165) is 5.75 Å². The molecule has 2 aromatic heterocycles. The van der Waals surface area contributed by atoms with E-state index in [1.54, 1.807) is 55.1 Å². The number of hydrogen-bond acceptors (Lipinski definition) is 5. The fourth-order valence-electron chi connectivity index (χ4n) is 2.68. The zero-order chi connectivity index (χ0) is 19.2. The number of ether oxygens (including phenoxy) is 1. The van der Waals surface area contributed by atoms with Crippen molar-refractivity contribution in [3.63, 3.8) is 0 Å². The molecule has 0 aliphatic heterocycles. The molecule has 138 valence electrons. The van der Waals surface area contributed by atoms with E-state index in [4.69, 9.17) is 9.15 Å². The van der Waals surface area contributed by atoms with Crippen LogP contribution in [0.1, 0.15) is 16.1 Å². The van der Waals surface area contributed by atoms with Gasteiger partial charge in [0, 0.05) is 18.0 Å². The number of carbonyl (C=O) groups is 1. The lowest BCUT2D eigenvalue weighted by atomic mass is 10.2. The Morgan fingerprint density at radius 3 is 2.39 bits per heavy atom. The van der Waals surface area contributed by atoms with Crippen LogP contribution in [-0.2, 0) is 6.54 Å². The molecule has 2 heterocycles. The number of benzene rings is 2. The van der Waals surface area contributed by atoms with Gasteiger partial charge in [-0.05, 0) is 48.5 Å². The van der Waals surface area contributed by atoms with Crippen molar-refractivity contribution >= 4 is 5.91 Å². The number of aromatic nitrogens is 2. The number of para-hydroxylation sites is 1. The molecule has 0 aliphatic carbocycles. The summed E-state index contributed by atoms with van der Waals surface area (Å²) in [6, 6.07) is 20.0. The number of carbonyl (C=O) groups excluding carboxylic acids is 1. The predicted octanol–water partition coefficient (Wildman–Crippen LogP) is 4.46. The normalized spacial score (nSPS) is 10.4. The zero-order valence-corrected chi connectivity index (χ0v) is 14.9. The minimum atomic E-state index is -0.206. The van der Waals surface area contributed by atoms with Crippen molar-refractivity contribution in [2.75, 3.05) is 0 Å². The molecule has 0 aliphatic rings. The third-order valence-electron chi connectivity index (χ3n) is 4.04. The van der Waals surface area contributed by atoms with Crippen LogP contribution in [0, 0.1) is 0 Å². The first kappa shape index (κ1) is 17.5. The maximum Gasteiger partial charge on any atom is 0.251 e. The van der Waals surface area contributed by atoms with Crippen LogP contribution in [0.4, 0.5) is 0 Å². The van der Waals surface area contributed by atoms with Gasteiger partial charge in [-0.25, -0.2) is 4.98 Å². The molecule has 2 aromatic carbocycles. The third-order valence-corrected chi connectivity index (χ3v) is 4.04. The van der Waals surface area contributed by atoms with Crippen LogP contribution in [0.2, 0.25) is 0 Å². The molecule has 0 saturated carbocycles. The fraction of sp³-hybridized carbons (Fsp3) is 0.0455. The number of nitrogens with one attached hydrogen (secondary N) is 1. The highest BCUT2D eigenvalue weighted by Gasteiger charge is 2.12. The summed E-state index contributed by atoms with van der Waals surface area (Å²) in [4.78, 5) is 21.1. The number of hydrogen-bond donors (Lipinski definition) is 1. The van der Waals surface area contributed by atoms with Gasteiger partial charge >= 0.3 is 0 Å². The molecule has 4 rings (SSSR count). The molecular formula is C22H17N3O3. The summed E-state index contributed by atoms with van der Waals surface area (Å²) in [5.74, 6) is 1.81. The second kappa shape index (κ2) is 8.18. The number of amides is 1. The van der Waals surface area contributed by atoms with E-state index in [1.165, 1.54) is 0 Å². The van der Waals surface area contributed by atoms with Gasteiger partial charge in [0.1, 0.15) is 17.2 Å². The average molecular weight is 371 g/mol. The van der Waals surface area contributed by atoms with E-state index < -0.39 is 0 Å². The molecule has 6 nitrogen and oxygen atoms in total. The maximum atomic E-state index is 12.5. The molecule has 1 amide bonds. The molecule has 0 radical (unpaired) electrons. The molecule has 0 spiro atoms. The van der Waals surface area contributed by atoms with Gasteiger partial charge in [-0.2, -0.15) is 0 Å². The van der Waals surface area contributed by atoms with E-state index in [9.17, 15) is 4.79 Å². The molecule has 6 heteroatoms. The van der Waals surface area contributed by atoms with Crippen molar-refractivity contribution in [1.82, 2.24) is 15.3 Å². The highest BCUT2D eigenvalue weighted by atomic mass is 16.5. The molecular weight excluding hydrogens is 354 g/mol. The van der Waals surface area contributed by atoms with E-state index in [0.29, 0.717) is 28.5 Å². The van der Waals surface area contributed by atoms with Crippen LogP contribution in [0.25, 0.3) is 11.5 Å². The molecule has 0 unspecified atom stereocenters. The van der Waals surface area contributed by atoms with Crippen LogP contribution in [0.5, 0.6) is 11.5 Å². The van der Waals surface area contributed by atoms with E-state index in [2.05, 4.69) is 15.3 Å². The third kappa shape index (κ3) is 4.07. The second-order valence-corrected chi connectivity index (χ2v) is 5.95. The minimum Gasteiger partial charge on any atom is -0.463 e. The number of furan rings is 1. The SMILES string of the molecule is O=C(NCc1nccnc1-c1ccco1)c1ccc(Oc2ccccc2)cc1. The molecule has 1 N–H and O–H groups in total. The molecule has 0 saturated heterocycles. The summed E-state index contributed by atoms with van der Waals surface area (Å²) < 4.78 is 11.1. The summed E-state index contributed by atoms with van der Waals surface area (Å²) in [5, 5.41) is 2.86. The lowest BCUT2D eigenvalue weighted by Gasteiger charge is -2.09. The topological polar surface area (TPSA) is 77.3 Å². The first-order valence-corrected chi connectivity index (χ1v) is 8.74. The number of rotatable bonds is 6. The Kier molecular flexibility index (Phi) is 5.11. The Morgan fingerprint density at radius 1 is 0.893 bits per heavy atom. The van der Waals surface area contributed by atoms with Crippen molar-refractivity contribution in [2.24, 2.45) is 0 Å². The molecule has 0 bridgehead atoms.